The van der Waals surface area contributed by atoms with E-state index in [1.807, 2.05) is 27.7 Å². The van der Waals surface area contributed by atoms with Crippen LogP contribution in [0.5, 0.6) is 0 Å². The van der Waals surface area contributed by atoms with E-state index in [9.17, 15) is 13.2 Å². The second kappa shape index (κ2) is 4.08. The average Bonchev–Trinajstić information content (AvgIpc) is 2.66. The first kappa shape index (κ1) is 15.1. The number of carbonyl (C=O) groups is 1. The van der Waals surface area contributed by atoms with E-state index in [-0.39, 0.29) is 27.5 Å². The fourth-order valence-corrected chi connectivity index (χ4v) is 4.21. The van der Waals surface area contributed by atoms with Gasteiger partial charge in [-0.05, 0) is 16.9 Å². The van der Waals surface area contributed by atoms with Crippen molar-refractivity contribution in [3.05, 3.63) is 18.0 Å². The molecule has 0 aromatic carbocycles. The summed E-state index contributed by atoms with van der Waals surface area (Å²) in [4.78, 5) is 10.9. The van der Waals surface area contributed by atoms with Gasteiger partial charge in [0.25, 0.3) is 0 Å². The van der Waals surface area contributed by atoms with Gasteiger partial charge in [-0.3, -0.25) is 0 Å². The van der Waals surface area contributed by atoms with Crippen LogP contribution in [0.15, 0.2) is 17.2 Å². The SMILES string of the molecule is Cn1cc(S(=O)(=O)NC2C(C)(C)C2(C)C)cc1C(=O)O. The van der Waals surface area contributed by atoms with Crippen LogP contribution < -0.4 is 4.72 Å². The summed E-state index contributed by atoms with van der Waals surface area (Å²) in [6.45, 7) is 8.03. The number of hydrogen-bond acceptors (Lipinski definition) is 3. The first-order valence-electron chi connectivity index (χ1n) is 6.33. The van der Waals surface area contributed by atoms with Gasteiger partial charge in [0.1, 0.15) is 10.6 Å². The van der Waals surface area contributed by atoms with Gasteiger partial charge in [0.15, 0.2) is 0 Å². The maximum absolute atomic E-state index is 12.3. The molecule has 1 fully saturated rings. The average molecular weight is 300 g/mol. The van der Waals surface area contributed by atoms with Crippen molar-refractivity contribution in [1.82, 2.24) is 9.29 Å². The van der Waals surface area contributed by atoms with Crippen molar-refractivity contribution < 1.29 is 18.3 Å². The molecular weight excluding hydrogens is 280 g/mol. The van der Waals surface area contributed by atoms with Gasteiger partial charge >= 0.3 is 5.97 Å². The lowest BCUT2D eigenvalue weighted by atomic mass is 10.0. The highest BCUT2D eigenvalue weighted by molar-refractivity contribution is 7.89. The fraction of sp³-hybridized carbons (Fsp3) is 0.615. The number of aromatic carboxylic acids is 1. The minimum absolute atomic E-state index is 0.0177. The van der Waals surface area contributed by atoms with Gasteiger partial charge in [-0.25, -0.2) is 17.9 Å². The van der Waals surface area contributed by atoms with Crippen molar-refractivity contribution in [2.75, 3.05) is 0 Å². The predicted molar refractivity (Wildman–Crippen MR) is 74.0 cm³/mol. The van der Waals surface area contributed by atoms with Crippen molar-refractivity contribution in [2.45, 2.75) is 38.6 Å². The Bertz CT molecular complexity index is 657. The van der Waals surface area contributed by atoms with Gasteiger partial charge in [-0.1, -0.05) is 27.7 Å². The first-order chi connectivity index (χ1) is 8.91. The van der Waals surface area contributed by atoms with E-state index in [0.717, 1.165) is 0 Å². The monoisotopic (exact) mass is 300 g/mol. The predicted octanol–water partition coefficient (Wildman–Crippen LogP) is 1.44. The van der Waals surface area contributed by atoms with E-state index in [1.54, 1.807) is 0 Å². The van der Waals surface area contributed by atoms with Crippen molar-refractivity contribution in [3.63, 3.8) is 0 Å². The van der Waals surface area contributed by atoms with Gasteiger partial charge in [0.05, 0.1) is 0 Å². The molecule has 0 saturated heterocycles. The molecule has 0 bridgehead atoms. The quantitative estimate of drug-likeness (QED) is 0.880. The topological polar surface area (TPSA) is 88.4 Å². The largest absolute Gasteiger partial charge is 0.477 e. The highest BCUT2D eigenvalue weighted by Crippen LogP contribution is 2.62. The van der Waals surface area contributed by atoms with E-state index in [4.69, 9.17) is 5.11 Å². The molecule has 1 aromatic rings. The highest BCUT2D eigenvalue weighted by Gasteiger charge is 2.66. The van der Waals surface area contributed by atoms with Gasteiger partial charge in [0, 0.05) is 19.3 Å². The normalized spacial score (nSPS) is 20.9. The molecule has 2 rings (SSSR count). The van der Waals surface area contributed by atoms with E-state index in [0.29, 0.717) is 0 Å². The van der Waals surface area contributed by atoms with Crippen molar-refractivity contribution in [3.8, 4) is 0 Å². The molecule has 6 nitrogen and oxygen atoms in total. The zero-order valence-electron chi connectivity index (χ0n) is 12.3. The zero-order valence-corrected chi connectivity index (χ0v) is 13.1. The summed E-state index contributed by atoms with van der Waals surface area (Å²) >= 11 is 0. The Morgan fingerprint density at radius 1 is 1.30 bits per heavy atom. The smallest absolute Gasteiger partial charge is 0.352 e. The van der Waals surface area contributed by atoms with Crippen LogP contribution in [0.4, 0.5) is 0 Å². The van der Waals surface area contributed by atoms with E-state index in [2.05, 4.69) is 4.72 Å². The molecule has 0 radical (unpaired) electrons. The maximum Gasteiger partial charge on any atom is 0.352 e. The second-order valence-electron chi connectivity index (χ2n) is 6.47. The number of rotatable bonds is 4. The Morgan fingerprint density at radius 2 is 1.80 bits per heavy atom. The molecule has 0 aliphatic heterocycles. The number of carboxylic acids is 1. The number of hydrogen-bond donors (Lipinski definition) is 2. The number of aromatic nitrogens is 1. The summed E-state index contributed by atoms with van der Waals surface area (Å²) in [6.07, 6.45) is 1.31. The van der Waals surface area contributed by atoms with Gasteiger partial charge in [-0.2, -0.15) is 0 Å². The van der Waals surface area contributed by atoms with Gasteiger partial charge in [0.2, 0.25) is 10.0 Å². The Hall–Kier alpha value is -1.34. The number of sulfonamides is 1. The minimum Gasteiger partial charge on any atom is -0.477 e. The van der Waals surface area contributed by atoms with Crippen LogP contribution in [0.3, 0.4) is 0 Å². The summed E-state index contributed by atoms with van der Waals surface area (Å²) < 4.78 is 28.6. The third kappa shape index (κ3) is 2.05. The lowest BCUT2D eigenvalue weighted by Gasteiger charge is -2.06. The molecule has 20 heavy (non-hydrogen) atoms. The second-order valence-corrected chi connectivity index (χ2v) is 8.19. The summed E-state index contributed by atoms with van der Waals surface area (Å²) in [5, 5.41) is 8.97. The van der Waals surface area contributed by atoms with Gasteiger partial charge in [-0.15, -0.1) is 0 Å². The molecule has 112 valence electrons. The van der Waals surface area contributed by atoms with Crippen LogP contribution in [0.1, 0.15) is 38.2 Å². The van der Waals surface area contributed by atoms with Crippen molar-refractivity contribution in [2.24, 2.45) is 17.9 Å². The van der Waals surface area contributed by atoms with Crippen LogP contribution in [-0.4, -0.2) is 30.1 Å². The Kier molecular flexibility index (Phi) is 3.07. The third-order valence-electron chi connectivity index (χ3n) is 4.80. The molecule has 1 aliphatic carbocycles. The van der Waals surface area contributed by atoms with Crippen molar-refractivity contribution >= 4 is 16.0 Å². The van der Waals surface area contributed by atoms with Crippen molar-refractivity contribution in [1.29, 1.82) is 0 Å². The van der Waals surface area contributed by atoms with Crippen LogP contribution in [-0.2, 0) is 17.1 Å². The standard InChI is InChI=1S/C13H20N2O4S/c1-12(2)11(13(12,3)4)14-20(18,19)8-6-9(10(16)17)15(5)7-8/h6-7,11,14H,1-5H3,(H,16,17). The molecule has 0 amide bonds. The van der Waals surface area contributed by atoms with Crippen LogP contribution in [0.2, 0.25) is 0 Å². The minimum atomic E-state index is -3.71. The fourth-order valence-electron chi connectivity index (χ4n) is 2.61. The summed E-state index contributed by atoms with van der Waals surface area (Å²) in [7, 11) is -2.20. The first-order valence-corrected chi connectivity index (χ1v) is 7.81. The van der Waals surface area contributed by atoms with E-state index >= 15 is 0 Å². The lowest BCUT2D eigenvalue weighted by Crippen LogP contribution is -2.29. The molecule has 7 heteroatoms. The number of nitrogens with zero attached hydrogens (tertiary/aromatic N) is 1. The molecule has 1 saturated carbocycles. The molecule has 1 aromatic heterocycles. The molecular formula is C13H20N2O4S. The molecule has 0 spiro atoms. The van der Waals surface area contributed by atoms with Crippen LogP contribution >= 0.6 is 0 Å². The number of carboxylic acid groups (broad SMARTS) is 1. The number of aryl methyl sites for hydroxylation is 1. The summed E-state index contributed by atoms with van der Waals surface area (Å²) in [5.41, 5.74) is -0.297. The maximum atomic E-state index is 12.3. The van der Waals surface area contributed by atoms with Gasteiger partial charge < -0.3 is 9.67 Å². The van der Waals surface area contributed by atoms with Crippen LogP contribution in [0, 0.1) is 10.8 Å². The van der Waals surface area contributed by atoms with E-state index < -0.39 is 16.0 Å². The zero-order chi connectivity index (χ0) is 15.5. The van der Waals surface area contributed by atoms with E-state index in [1.165, 1.54) is 23.9 Å². The molecule has 1 aliphatic rings. The Labute approximate surface area is 118 Å². The summed E-state index contributed by atoms with van der Waals surface area (Å²) in [5.74, 6) is -1.15. The summed E-state index contributed by atoms with van der Waals surface area (Å²) in [6, 6.07) is 1.01. The number of nitrogens with one attached hydrogen (secondary N) is 1. The Morgan fingerprint density at radius 3 is 2.15 bits per heavy atom. The highest BCUT2D eigenvalue weighted by atomic mass is 32.2. The third-order valence-corrected chi connectivity index (χ3v) is 6.19. The van der Waals surface area contributed by atoms with Crippen LogP contribution in [0.25, 0.3) is 0 Å². The molecule has 2 N–H and O–H groups in total. The molecule has 0 unspecified atom stereocenters. The lowest BCUT2D eigenvalue weighted by molar-refractivity contribution is 0.0686. The molecule has 0 atom stereocenters. The molecule has 1 heterocycles. The Balaban J connectivity index is 2.29.